The van der Waals surface area contributed by atoms with Crippen LogP contribution in [-0.4, -0.2) is 54.5 Å². The summed E-state index contributed by atoms with van der Waals surface area (Å²) in [4.78, 5) is 1.64. The third-order valence-corrected chi connectivity index (χ3v) is 3.54. The Morgan fingerprint density at radius 2 is 2.21 bits per heavy atom. The molecule has 1 aliphatic heterocycles. The van der Waals surface area contributed by atoms with Crippen LogP contribution in [0.25, 0.3) is 0 Å². The minimum Gasteiger partial charge on any atom is -0.409 e. The standard InChI is InChI=1S/C11H20F3N3O2/c1-10(19-2)4-3-5-17(7-10)6-8(9(15)16-18)11(12,13)14/h8,18H,3-7H2,1-2H3,(H2,15,16). The number of oxime groups is 1. The smallest absolute Gasteiger partial charge is 0.400 e. The Morgan fingerprint density at radius 3 is 2.68 bits per heavy atom. The molecular formula is C11H20F3N3O2. The van der Waals surface area contributed by atoms with Crippen molar-refractivity contribution in [2.75, 3.05) is 26.7 Å². The van der Waals surface area contributed by atoms with Gasteiger partial charge in [0.2, 0.25) is 0 Å². The molecule has 5 nitrogen and oxygen atoms in total. The van der Waals surface area contributed by atoms with E-state index in [1.165, 1.54) is 0 Å². The number of likely N-dealkylation sites (tertiary alicyclic amines) is 1. The Morgan fingerprint density at radius 1 is 1.58 bits per heavy atom. The van der Waals surface area contributed by atoms with E-state index in [4.69, 9.17) is 15.7 Å². The van der Waals surface area contributed by atoms with E-state index in [-0.39, 0.29) is 6.54 Å². The van der Waals surface area contributed by atoms with E-state index in [1.54, 1.807) is 12.0 Å². The SMILES string of the molecule is COC1(C)CCCN(CC(C(N)=NO)C(F)(F)F)C1. The van der Waals surface area contributed by atoms with Gasteiger partial charge in [0.15, 0.2) is 5.84 Å². The Hall–Kier alpha value is -1.02. The van der Waals surface area contributed by atoms with Crippen LogP contribution in [-0.2, 0) is 4.74 Å². The Labute approximate surface area is 110 Å². The van der Waals surface area contributed by atoms with Gasteiger partial charge in [-0.3, -0.25) is 4.90 Å². The highest BCUT2D eigenvalue weighted by Gasteiger charge is 2.45. The van der Waals surface area contributed by atoms with E-state index >= 15 is 0 Å². The molecule has 0 saturated carbocycles. The maximum atomic E-state index is 12.9. The molecule has 0 aliphatic carbocycles. The molecule has 0 bridgehead atoms. The third kappa shape index (κ3) is 4.24. The lowest BCUT2D eigenvalue weighted by molar-refractivity contribution is -0.164. The molecule has 0 aromatic rings. The number of rotatable bonds is 4. The van der Waals surface area contributed by atoms with Gasteiger partial charge in [-0.25, -0.2) is 0 Å². The zero-order chi connectivity index (χ0) is 14.7. The number of piperidine rings is 1. The second-order valence-corrected chi connectivity index (χ2v) is 5.11. The molecule has 1 fully saturated rings. The topological polar surface area (TPSA) is 71.1 Å². The van der Waals surface area contributed by atoms with Crippen LogP contribution in [0.4, 0.5) is 13.2 Å². The first kappa shape index (κ1) is 16.0. The van der Waals surface area contributed by atoms with Crippen LogP contribution in [0, 0.1) is 5.92 Å². The fraction of sp³-hybridized carbons (Fsp3) is 0.909. The third-order valence-electron chi connectivity index (χ3n) is 3.54. The zero-order valence-electron chi connectivity index (χ0n) is 11.1. The van der Waals surface area contributed by atoms with Crippen LogP contribution in [0.1, 0.15) is 19.8 Å². The molecule has 19 heavy (non-hydrogen) atoms. The van der Waals surface area contributed by atoms with Crippen LogP contribution < -0.4 is 5.73 Å². The van der Waals surface area contributed by atoms with Crippen molar-refractivity contribution in [1.29, 1.82) is 0 Å². The molecule has 1 saturated heterocycles. The monoisotopic (exact) mass is 283 g/mol. The van der Waals surface area contributed by atoms with Crippen LogP contribution in [0.5, 0.6) is 0 Å². The predicted molar refractivity (Wildman–Crippen MR) is 64.0 cm³/mol. The number of nitrogens with two attached hydrogens (primary N) is 1. The van der Waals surface area contributed by atoms with Crippen LogP contribution >= 0.6 is 0 Å². The molecule has 112 valence electrons. The first-order valence-electron chi connectivity index (χ1n) is 6.03. The number of amidine groups is 1. The van der Waals surface area contributed by atoms with Gasteiger partial charge in [0.25, 0.3) is 0 Å². The number of hydrogen-bond donors (Lipinski definition) is 2. The van der Waals surface area contributed by atoms with Gasteiger partial charge in [-0.1, -0.05) is 5.16 Å². The zero-order valence-corrected chi connectivity index (χ0v) is 11.1. The molecule has 0 aromatic carbocycles. The maximum absolute atomic E-state index is 12.9. The van der Waals surface area contributed by atoms with E-state index in [9.17, 15) is 13.2 Å². The van der Waals surface area contributed by atoms with Crippen LogP contribution in [0.2, 0.25) is 0 Å². The van der Waals surface area contributed by atoms with Crippen molar-refractivity contribution in [1.82, 2.24) is 4.90 Å². The lowest BCUT2D eigenvalue weighted by atomic mass is 9.93. The molecule has 0 radical (unpaired) electrons. The summed E-state index contributed by atoms with van der Waals surface area (Å²) >= 11 is 0. The minimum atomic E-state index is -4.53. The van der Waals surface area contributed by atoms with Crippen molar-refractivity contribution in [2.45, 2.75) is 31.5 Å². The van der Waals surface area contributed by atoms with Gasteiger partial charge in [-0.05, 0) is 26.3 Å². The van der Waals surface area contributed by atoms with Gasteiger partial charge in [0, 0.05) is 20.2 Å². The van der Waals surface area contributed by atoms with E-state index in [0.717, 1.165) is 12.8 Å². The number of methoxy groups -OCH3 is 1. The first-order valence-corrected chi connectivity index (χ1v) is 6.03. The molecule has 0 amide bonds. The summed E-state index contributed by atoms with van der Waals surface area (Å²) in [7, 11) is 1.55. The molecule has 0 aromatic heterocycles. The van der Waals surface area contributed by atoms with Crippen LogP contribution in [0.3, 0.4) is 0 Å². The fourth-order valence-electron chi connectivity index (χ4n) is 2.32. The van der Waals surface area contributed by atoms with Gasteiger partial charge in [0.05, 0.1) is 5.60 Å². The number of halogens is 3. The molecular weight excluding hydrogens is 263 g/mol. The van der Waals surface area contributed by atoms with Crippen molar-refractivity contribution in [2.24, 2.45) is 16.8 Å². The van der Waals surface area contributed by atoms with Gasteiger partial charge in [-0.2, -0.15) is 13.2 Å². The average molecular weight is 283 g/mol. The van der Waals surface area contributed by atoms with Gasteiger partial charge < -0.3 is 15.7 Å². The first-order chi connectivity index (χ1) is 8.72. The fourth-order valence-corrected chi connectivity index (χ4v) is 2.32. The number of hydrogen-bond acceptors (Lipinski definition) is 4. The van der Waals surface area contributed by atoms with Crippen molar-refractivity contribution >= 4 is 5.84 Å². The quantitative estimate of drug-likeness (QED) is 0.354. The minimum absolute atomic E-state index is 0.321. The van der Waals surface area contributed by atoms with Crippen molar-refractivity contribution < 1.29 is 23.1 Å². The summed E-state index contributed by atoms with van der Waals surface area (Å²) in [5.74, 6) is -2.77. The van der Waals surface area contributed by atoms with Crippen molar-refractivity contribution in [3.05, 3.63) is 0 Å². The number of alkyl halides is 3. The Bertz CT molecular complexity index is 336. The second-order valence-electron chi connectivity index (χ2n) is 5.11. The summed E-state index contributed by atoms with van der Waals surface area (Å²) in [6.07, 6.45) is -2.97. The van der Waals surface area contributed by atoms with Crippen LogP contribution in [0.15, 0.2) is 5.16 Å². The molecule has 8 heteroatoms. The van der Waals surface area contributed by atoms with Gasteiger partial charge in [0.1, 0.15) is 5.92 Å². The van der Waals surface area contributed by atoms with E-state index in [2.05, 4.69) is 5.16 Å². The normalized spacial score (nSPS) is 28.4. The molecule has 2 atom stereocenters. The second kappa shape index (κ2) is 5.96. The summed E-state index contributed by atoms with van der Waals surface area (Å²) in [5.41, 5.74) is 4.70. The molecule has 2 unspecified atom stereocenters. The summed E-state index contributed by atoms with van der Waals surface area (Å²) in [6, 6.07) is 0. The van der Waals surface area contributed by atoms with E-state index < -0.39 is 23.5 Å². The highest BCUT2D eigenvalue weighted by Crippen LogP contribution is 2.30. The van der Waals surface area contributed by atoms with E-state index in [0.29, 0.717) is 13.1 Å². The van der Waals surface area contributed by atoms with Gasteiger partial charge >= 0.3 is 6.18 Å². The number of nitrogens with zero attached hydrogens (tertiary/aromatic N) is 2. The van der Waals surface area contributed by atoms with E-state index in [1.807, 2.05) is 6.92 Å². The van der Waals surface area contributed by atoms with Crippen molar-refractivity contribution in [3.8, 4) is 0 Å². The molecule has 0 spiro atoms. The predicted octanol–water partition coefficient (Wildman–Crippen LogP) is 1.41. The Kier molecular flexibility index (Phi) is 5.03. The molecule has 1 aliphatic rings. The van der Waals surface area contributed by atoms with Crippen molar-refractivity contribution in [3.63, 3.8) is 0 Å². The number of ether oxygens (including phenoxy) is 1. The lowest BCUT2D eigenvalue weighted by Crippen LogP contribution is -2.52. The molecule has 1 rings (SSSR count). The summed E-state index contributed by atoms with van der Waals surface area (Å²) in [5, 5.41) is 11.0. The summed E-state index contributed by atoms with van der Waals surface area (Å²) < 4.78 is 43.9. The highest BCUT2D eigenvalue weighted by atomic mass is 19.4. The molecule has 3 N–H and O–H groups in total. The maximum Gasteiger partial charge on any atom is 0.400 e. The molecule has 1 heterocycles. The average Bonchev–Trinajstić information content (AvgIpc) is 2.34. The Balaban J connectivity index is 2.75. The summed E-state index contributed by atoms with van der Waals surface area (Å²) in [6.45, 7) is 2.49. The largest absolute Gasteiger partial charge is 0.409 e. The highest BCUT2D eigenvalue weighted by molar-refractivity contribution is 5.83. The lowest BCUT2D eigenvalue weighted by Gasteiger charge is -2.40. The van der Waals surface area contributed by atoms with Gasteiger partial charge in [-0.15, -0.1) is 0 Å².